The largest absolute Gasteiger partial charge is 0.420 e. The van der Waals surface area contributed by atoms with Crippen LogP contribution in [0.25, 0.3) is 0 Å². The molecule has 4 nitrogen and oxygen atoms in total. The second kappa shape index (κ2) is 6.04. The summed E-state index contributed by atoms with van der Waals surface area (Å²) in [5, 5.41) is 0.745. The highest BCUT2D eigenvalue weighted by molar-refractivity contribution is 7.98. The molecule has 1 heterocycles. The number of nitrogens with zero attached hydrogens (tertiary/aromatic N) is 2. The Hall–Kier alpha value is -1.89. The molecule has 2 aromatic rings. The van der Waals surface area contributed by atoms with Crippen molar-refractivity contribution in [1.82, 2.24) is 9.55 Å². The molecular formula is C13H12F2N2O2S. The van der Waals surface area contributed by atoms with Crippen LogP contribution in [0.2, 0.25) is 0 Å². The minimum Gasteiger partial charge on any atom is -0.420 e. The van der Waals surface area contributed by atoms with E-state index in [0.29, 0.717) is 5.56 Å². The van der Waals surface area contributed by atoms with E-state index in [9.17, 15) is 13.6 Å². The van der Waals surface area contributed by atoms with Gasteiger partial charge in [0.25, 0.3) is 0 Å². The second-order valence-electron chi connectivity index (χ2n) is 4.02. The smallest absolute Gasteiger partial charge is 0.308 e. The first kappa shape index (κ1) is 14.5. The Balaban J connectivity index is 2.28. The fraction of sp³-hybridized carbons (Fsp3) is 0.231. The van der Waals surface area contributed by atoms with Crippen molar-refractivity contribution in [2.24, 2.45) is 0 Å². The van der Waals surface area contributed by atoms with Gasteiger partial charge in [0.15, 0.2) is 16.8 Å². The summed E-state index contributed by atoms with van der Waals surface area (Å²) in [5.41, 5.74) is 0.421. The molecule has 0 amide bonds. The molecule has 0 saturated carbocycles. The summed E-state index contributed by atoms with van der Waals surface area (Å²) in [6.45, 7) is 1.37. The van der Waals surface area contributed by atoms with Crippen molar-refractivity contribution in [1.29, 1.82) is 0 Å². The number of imidazole rings is 1. The van der Waals surface area contributed by atoms with Crippen LogP contribution >= 0.6 is 11.8 Å². The maximum Gasteiger partial charge on any atom is 0.308 e. The van der Waals surface area contributed by atoms with Crippen molar-refractivity contribution in [3.05, 3.63) is 41.7 Å². The van der Waals surface area contributed by atoms with Crippen molar-refractivity contribution in [3.8, 4) is 5.75 Å². The van der Waals surface area contributed by atoms with Crippen molar-refractivity contribution in [2.45, 2.75) is 18.6 Å². The number of thioether (sulfide) groups is 1. The zero-order valence-corrected chi connectivity index (χ0v) is 11.7. The lowest BCUT2D eigenvalue weighted by atomic mass is 10.2. The number of esters is 1. The Morgan fingerprint density at radius 2 is 2.05 bits per heavy atom. The zero-order valence-electron chi connectivity index (χ0n) is 10.9. The normalized spacial score (nSPS) is 10.6. The number of halogens is 2. The van der Waals surface area contributed by atoms with Crippen LogP contribution in [0, 0.1) is 11.6 Å². The standard InChI is InChI=1S/C13H12F2N2O2S/c1-8(18)19-12-10(14)5-9(6-11(12)15)7-17-4-3-16-13(17)20-2/h3-6H,7H2,1-2H3. The van der Waals surface area contributed by atoms with Gasteiger partial charge in [0.2, 0.25) is 5.75 Å². The molecule has 0 saturated heterocycles. The Morgan fingerprint density at radius 1 is 1.40 bits per heavy atom. The molecule has 20 heavy (non-hydrogen) atoms. The van der Waals surface area contributed by atoms with Gasteiger partial charge in [0.05, 0.1) is 0 Å². The van der Waals surface area contributed by atoms with Crippen molar-refractivity contribution in [3.63, 3.8) is 0 Å². The van der Waals surface area contributed by atoms with E-state index >= 15 is 0 Å². The molecule has 0 unspecified atom stereocenters. The molecule has 0 aliphatic heterocycles. The number of benzene rings is 1. The predicted octanol–water partition coefficient (Wildman–Crippen LogP) is 2.86. The molecule has 0 aliphatic carbocycles. The van der Waals surface area contributed by atoms with Crippen LogP contribution in [0.15, 0.2) is 29.7 Å². The van der Waals surface area contributed by atoms with Gasteiger partial charge in [-0.15, -0.1) is 0 Å². The molecule has 0 radical (unpaired) electrons. The van der Waals surface area contributed by atoms with Gasteiger partial charge >= 0.3 is 5.97 Å². The van der Waals surface area contributed by atoms with Gasteiger partial charge in [-0.2, -0.15) is 0 Å². The molecule has 0 aliphatic rings. The van der Waals surface area contributed by atoms with Gasteiger partial charge in [-0.25, -0.2) is 13.8 Å². The third-order valence-electron chi connectivity index (χ3n) is 2.52. The molecule has 0 fully saturated rings. The van der Waals surface area contributed by atoms with Gasteiger partial charge in [0, 0.05) is 25.9 Å². The molecule has 106 valence electrons. The van der Waals surface area contributed by atoms with E-state index in [1.165, 1.54) is 11.8 Å². The fourth-order valence-corrected chi connectivity index (χ4v) is 2.27. The maximum atomic E-state index is 13.7. The summed E-state index contributed by atoms with van der Waals surface area (Å²) in [6.07, 6.45) is 5.21. The SMILES string of the molecule is CSc1nccn1Cc1cc(F)c(OC(C)=O)c(F)c1. The van der Waals surface area contributed by atoms with E-state index in [-0.39, 0.29) is 6.54 Å². The highest BCUT2D eigenvalue weighted by Gasteiger charge is 2.15. The summed E-state index contributed by atoms with van der Waals surface area (Å²) >= 11 is 1.44. The monoisotopic (exact) mass is 298 g/mol. The van der Waals surface area contributed by atoms with E-state index in [1.807, 2.05) is 6.26 Å². The van der Waals surface area contributed by atoms with Gasteiger partial charge in [0.1, 0.15) is 0 Å². The fourth-order valence-electron chi connectivity index (χ4n) is 1.75. The zero-order chi connectivity index (χ0) is 14.7. The molecule has 1 aromatic heterocycles. The molecule has 0 atom stereocenters. The predicted molar refractivity (Wildman–Crippen MR) is 70.8 cm³/mol. The summed E-state index contributed by atoms with van der Waals surface area (Å²) in [6, 6.07) is 2.29. The van der Waals surface area contributed by atoms with Crippen molar-refractivity contribution in [2.75, 3.05) is 6.26 Å². The van der Waals surface area contributed by atoms with Crippen LogP contribution in [0.5, 0.6) is 5.75 Å². The lowest BCUT2D eigenvalue weighted by Gasteiger charge is -2.09. The van der Waals surface area contributed by atoms with E-state index in [4.69, 9.17) is 0 Å². The lowest BCUT2D eigenvalue weighted by Crippen LogP contribution is -2.07. The van der Waals surface area contributed by atoms with E-state index in [2.05, 4.69) is 9.72 Å². The van der Waals surface area contributed by atoms with Crippen molar-refractivity contribution >= 4 is 17.7 Å². The second-order valence-corrected chi connectivity index (χ2v) is 4.80. The van der Waals surface area contributed by atoms with Gasteiger partial charge in [-0.1, -0.05) is 11.8 Å². The summed E-state index contributed by atoms with van der Waals surface area (Å²) in [7, 11) is 0. The minimum absolute atomic E-state index is 0.282. The Labute approximate surface area is 118 Å². The number of carbonyl (C=O) groups is 1. The van der Waals surface area contributed by atoms with Gasteiger partial charge in [-0.3, -0.25) is 4.79 Å². The van der Waals surface area contributed by atoms with Gasteiger partial charge in [-0.05, 0) is 24.0 Å². The number of ether oxygens (including phenoxy) is 1. The average Bonchev–Trinajstić information content (AvgIpc) is 2.81. The molecule has 0 spiro atoms. The highest BCUT2D eigenvalue weighted by Crippen LogP contribution is 2.24. The topological polar surface area (TPSA) is 44.1 Å². The number of rotatable bonds is 4. The third kappa shape index (κ3) is 3.16. The van der Waals surface area contributed by atoms with Crippen LogP contribution in [0.3, 0.4) is 0 Å². The lowest BCUT2D eigenvalue weighted by molar-refractivity contribution is -0.132. The Kier molecular flexibility index (Phi) is 4.39. The van der Waals surface area contributed by atoms with Crippen LogP contribution in [0.4, 0.5) is 8.78 Å². The number of carbonyl (C=O) groups excluding carboxylic acids is 1. The minimum atomic E-state index is -0.902. The van der Waals surface area contributed by atoms with Gasteiger partial charge < -0.3 is 9.30 Å². The summed E-state index contributed by atoms with van der Waals surface area (Å²) in [4.78, 5) is 14.9. The van der Waals surface area contributed by atoms with Crippen LogP contribution in [-0.4, -0.2) is 21.8 Å². The number of hydrogen-bond donors (Lipinski definition) is 0. The Morgan fingerprint density at radius 3 is 2.60 bits per heavy atom. The molecular weight excluding hydrogens is 286 g/mol. The number of hydrogen-bond acceptors (Lipinski definition) is 4. The first-order valence-electron chi connectivity index (χ1n) is 5.72. The number of aromatic nitrogens is 2. The van der Waals surface area contributed by atoms with E-state index in [0.717, 1.165) is 24.2 Å². The van der Waals surface area contributed by atoms with E-state index in [1.54, 1.807) is 17.0 Å². The highest BCUT2D eigenvalue weighted by atomic mass is 32.2. The first-order valence-corrected chi connectivity index (χ1v) is 6.95. The third-order valence-corrected chi connectivity index (χ3v) is 3.22. The quantitative estimate of drug-likeness (QED) is 0.494. The molecule has 2 rings (SSSR count). The molecule has 0 N–H and O–H groups in total. The maximum absolute atomic E-state index is 13.7. The average molecular weight is 298 g/mol. The van der Waals surface area contributed by atoms with Crippen molar-refractivity contribution < 1.29 is 18.3 Å². The summed E-state index contributed by atoms with van der Waals surface area (Å²) < 4.78 is 33.7. The first-order chi connectivity index (χ1) is 9.51. The summed E-state index contributed by atoms with van der Waals surface area (Å²) in [5.74, 6) is -3.24. The molecule has 0 bridgehead atoms. The molecule has 1 aromatic carbocycles. The van der Waals surface area contributed by atoms with E-state index < -0.39 is 23.4 Å². The van der Waals surface area contributed by atoms with Crippen LogP contribution in [0.1, 0.15) is 12.5 Å². The van der Waals surface area contributed by atoms with Crippen LogP contribution < -0.4 is 4.74 Å². The molecule has 7 heteroatoms. The Bertz CT molecular complexity index is 620. The van der Waals surface area contributed by atoms with Crippen LogP contribution in [-0.2, 0) is 11.3 Å².